The highest BCUT2D eigenvalue weighted by molar-refractivity contribution is 6.04. The zero-order valence-electron chi connectivity index (χ0n) is 20.3. The van der Waals surface area contributed by atoms with E-state index in [0.717, 1.165) is 39.0 Å². The van der Waals surface area contributed by atoms with Gasteiger partial charge in [-0.25, -0.2) is 4.79 Å². The second kappa shape index (κ2) is 9.35. The summed E-state index contributed by atoms with van der Waals surface area (Å²) in [4.78, 5) is 16.6. The molecule has 5 nitrogen and oxygen atoms in total. The van der Waals surface area contributed by atoms with Gasteiger partial charge < -0.3 is 9.67 Å². The molecule has 0 saturated heterocycles. The maximum absolute atomic E-state index is 12.5. The Morgan fingerprint density at radius 2 is 1.43 bits per heavy atom. The van der Waals surface area contributed by atoms with Gasteiger partial charge in [0.25, 0.3) is 0 Å². The van der Waals surface area contributed by atoms with Crippen LogP contribution in [-0.4, -0.2) is 25.3 Å². The van der Waals surface area contributed by atoms with Crippen LogP contribution in [0.25, 0.3) is 33.3 Å². The molecule has 0 bridgehead atoms. The van der Waals surface area contributed by atoms with E-state index < -0.39 is 6.10 Å². The van der Waals surface area contributed by atoms with Gasteiger partial charge in [0.15, 0.2) is 0 Å². The van der Waals surface area contributed by atoms with Crippen molar-refractivity contribution >= 4 is 10.9 Å². The lowest BCUT2D eigenvalue weighted by Crippen LogP contribution is -2.32. The largest absolute Gasteiger partial charge is 0.389 e. The predicted octanol–water partition coefficient (Wildman–Crippen LogP) is 5.52. The van der Waals surface area contributed by atoms with E-state index in [1.54, 1.807) is 11.5 Å². The van der Waals surface area contributed by atoms with Gasteiger partial charge in [0.05, 0.1) is 24.9 Å². The fraction of sp³-hybridized carbons (Fsp3) is 0.200. The van der Waals surface area contributed by atoms with Gasteiger partial charge in [-0.05, 0) is 50.1 Å². The second-order valence-corrected chi connectivity index (χ2v) is 9.17. The lowest BCUT2D eigenvalue weighted by atomic mass is 9.98. The Morgan fingerprint density at radius 1 is 0.800 bits per heavy atom. The number of aromatic nitrogens is 3. The van der Waals surface area contributed by atoms with E-state index >= 15 is 0 Å². The zero-order valence-corrected chi connectivity index (χ0v) is 20.3. The molecule has 5 rings (SSSR count). The highest BCUT2D eigenvalue weighted by Gasteiger charge is 2.22. The molecule has 3 aromatic carbocycles. The minimum Gasteiger partial charge on any atom is -0.389 e. The summed E-state index contributed by atoms with van der Waals surface area (Å²) in [7, 11) is 0. The van der Waals surface area contributed by atoms with E-state index in [0.29, 0.717) is 12.2 Å². The molecule has 0 aliphatic heterocycles. The predicted molar refractivity (Wildman–Crippen MR) is 142 cm³/mol. The van der Waals surface area contributed by atoms with Crippen molar-refractivity contribution in [3.05, 3.63) is 112 Å². The van der Waals surface area contributed by atoms with Crippen LogP contribution in [0.1, 0.15) is 17.0 Å². The summed E-state index contributed by atoms with van der Waals surface area (Å²) < 4.78 is 3.74. The standard InChI is InChI=1S/C30H29N3O2/c1-20-14-15-27-26(16-20)28(23-10-6-4-7-11-23)29(24-12-8-5-9-13-24)33(27)19-25(34)18-32-22(3)17-21(2)31-30(32)35/h4-17,25,34H,18-19H2,1-3H3/t25-/m0/s1. The second-order valence-electron chi connectivity index (χ2n) is 9.17. The molecule has 2 aromatic heterocycles. The normalized spacial score (nSPS) is 12.2. The zero-order chi connectivity index (χ0) is 24.5. The first kappa shape index (κ1) is 22.8. The van der Waals surface area contributed by atoms with Crippen molar-refractivity contribution in [1.82, 2.24) is 14.1 Å². The molecule has 35 heavy (non-hydrogen) atoms. The summed E-state index contributed by atoms with van der Waals surface area (Å²) in [6, 6.07) is 29.0. The van der Waals surface area contributed by atoms with Gasteiger partial charge in [0.2, 0.25) is 0 Å². The number of rotatable bonds is 6. The van der Waals surface area contributed by atoms with Crippen LogP contribution < -0.4 is 5.69 Å². The Morgan fingerprint density at radius 3 is 2.09 bits per heavy atom. The van der Waals surface area contributed by atoms with Gasteiger partial charge in [-0.2, -0.15) is 4.98 Å². The fourth-order valence-electron chi connectivity index (χ4n) is 4.93. The van der Waals surface area contributed by atoms with Crippen LogP contribution in [0.5, 0.6) is 0 Å². The summed E-state index contributed by atoms with van der Waals surface area (Å²) in [6.45, 7) is 6.30. The van der Waals surface area contributed by atoms with E-state index in [-0.39, 0.29) is 12.2 Å². The van der Waals surface area contributed by atoms with Gasteiger partial charge in [0, 0.05) is 27.9 Å². The maximum atomic E-state index is 12.5. The molecular formula is C30H29N3O2. The van der Waals surface area contributed by atoms with Crippen LogP contribution in [0.4, 0.5) is 0 Å². The number of hydrogen-bond donors (Lipinski definition) is 1. The van der Waals surface area contributed by atoms with Gasteiger partial charge in [-0.3, -0.25) is 4.57 Å². The molecule has 0 aliphatic rings. The number of nitrogens with zero attached hydrogens (tertiary/aromatic N) is 3. The van der Waals surface area contributed by atoms with Gasteiger partial charge in [0.1, 0.15) is 0 Å². The molecule has 5 heteroatoms. The molecule has 5 aromatic rings. The van der Waals surface area contributed by atoms with Crippen LogP contribution in [0.2, 0.25) is 0 Å². The first-order chi connectivity index (χ1) is 16.9. The average molecular weight is 464 g/mol. The Bertz CT molecular complexity index is 1550. The summed E-state index contributed by atoms with van der Waals surface area (Å²) in [6.07, 6.45) is -0.779. The molecule has 1 N–H and O–H groups in total. The third-order valence-electron chi connectivity index (χ3n) is 6.46. The molecule has 0 amide bonds. The Kier molecular flexibility index (Phi) is 6.10. The average Bonchev–Trinajstić information content (AvgIpc) is 3.15. The lowest BCUT2D eigenvalue weighted by molar-refractivity contribution is 0.134. The van der Waals surface area contributed by atoms with E-state index in [9.17, 15) is 9.90 Å². The molecule has 0 unspecified atom stereocenters. The van der Waals surface area contributed by atoms with E-state index in [1.165, 1.54) is 5.56 Å². The maximum Gasteiger partial charge on any atom is 0.348 e. The third-order valence-corrected chi connectivity index (χ3v) is 6.46. The number of fused-ring (bicyclic) bond motifs is 1. The van der Waals surface area contributed by atoms with Crippen molar-refractivity contribution in [1.29, 1.82) is 0 Å². The van der Waals surface area contributed by atoms with Crippen molar-refractivity contribution in [2.45, 2.75) is 40.0 Å². The Hall–Kier alpha value is -3.96. The molecule has 0 aliphatic carbocycles. The summed E-state index contributed by atoms with van der Waals surface area (Å²) in [5, 5.41) is 12.4. The minimum absolute atomic E-state index is 0.179. The first-order valence-corrected chi connectivity index (χ1v) is 11.9. The van der Waals surface area contributed by atoms with Crippen molar-refractivity contribution in [3.63, 3.8) is 0 Å². The van der Waals surface area contributed by atoms with E-state index in [2.05, 4.69) is 71.1 Å². The molecular weight excluding hydrogens is 434 g/mol. The van der Waals surface area contributed by atoms with Crippen LogP contribution in [0.3, 0.4) is 0 Å². The number of aryl methyl sites for hydroxylation is 3. The molecule has 0 saturated carbocycles. The monoisotopic (exact) mass is 463 g/mol. The van der Waals surface area contributed by atoms with Crippen molar-refractivity contribution in [2.75, 3.05) is 0 Å². The molecule has 1 atom stereocenters. The molecule has 0 radical (unpaired) electrons. The topological polar surface area (TPSA) is 60.1 Å². The molecule has 0 fully saturated rings. The highest BCUT2D eigenvalue weighted by atomic mass is 16.3. The van der Waals surface area contributed by atoms with Crippen LogP contribution >= 0.6 is 0 Å². The summed E-state index contributed by atoms with van der Waals surface area (Å²) >= 11 is 0. The summed E-state index contributed by atoms with van der Waals surface area (Å²) in [5.41, 5.74) is 7.80. The fourth-order valence-corrected chi connectivity index (χ4v) is 4.93. The molecule has 0 spiro atoms. The highest BCUT2D eigenvalue weighted by Crippen LogP contribution is 2.41. The Labute approximate surface area is 204 Å². The van der Waals surface area contributed by atoms with E-state index in [4.69, 9.17) is 0 Å². The van der Waals surface area contributed by atoms with Crippen LogP contribution in [0, 0.1) is 20.8 Å². The van der Waals surface area contributed by atoms with Crippen molar-refractivity contribution in [2.24, 2.45) is 0 Å². The first-order valence-electron chi connectivity index (χ1n) is 11.9. The Balaban J connectivity index is 1.69. The van der Waals surface area contributed by atoms with Gasteiger partial charge in [-0.15, -0.1) is 0 Å². The van der Waals surface area contributed by atoms with Crippen LogP contribution in [-0.2, 0) is 13.1 Å². The number of aliphatic hydroxyl groups excluding tert-OH is 1. The van der Waals surface area contributed by atoms with Crippen molar-refractivity contribution in [3.8, 4) is 22.4 Å². The van der Waals surface area contributed by atoms with Crippen LogP contribution in [0.15, 0.2) is 89.7 Å². The molecule has 176 valence electrons. The van der Waals surface area contributed by atoms with Crippen molar-refractivity contribution < 1.29 is 5.11 Å². The summed E-state index contributed by atoms with van der Waals surface area (Å²) in [5.74, 6) is 0. The van der Waals surface area contributed by atoms with Gasteiger partial charge in [-0.1, -0.05) is 72.3 Å². The molecule has 2 heterocycles. The number of aliphatic hydroxyl groups is 1. The minimum atomic E-state index is -0.779. The van der Waals surface area contributed by atoms with Gasteiger partial charge >= 0.3 is 5.69 Å². The number of hydrogen-bond acceptors (Lipinski definition) is 3. The lowest BCUT2D eigenvalue weighted by Gasteiger charge is -2.19. The quantitative estimate of drug-likeness (QED) is 0.361. The number of benzene rings is 3. The third kappa shape index (κ3) is 4.43. The SMILES string of the molecule is Cc1ccc2c(c1)c(-c1ccccc1)c(-c1ccccc1)n2C[C@@H](O)Cn1c(C)cc(C)nc1=O. The smallest absolute Gasteiger partial charge is 0.348 e. The van der Waals surface area contributed by atoms with E-state index in [1.807, 2.05) is 37.3 Å².